The molecule has 1 aliphatic carbocycles. The van der Waals surface area contributed by atoms with Gasteiger partial charge in [-0.1, -0.05) is 0 Å². The van der Waals surface area contributed by atoms with Gasteiger partial charge in [0.1, 0.15) is 23.8 Å². The Morgan fingerprint density at radius 3 is 2.83 bits per heavy atom. The lowest BCUT2D eigenvalue weighted by Gasteiger charge is -2.27. The molecule has 3 aliphatic rings. The largest absolute Gasteiger partial charge is 0.476 e. The Labute approximate surface area is 142 Å². The zero-order valence-corrected chi connectivity index (χ0v) is 14.1. The molecule has 1 atom stereocenters. The lowest BCUT2D eigenvalue weighted by Crippen LogP contribution is -2.22. The third kappa shape index (κ3) is 3.20. The van der Waals surface area contributed by atoms with Crippen LogP contribution < -0.4 is 5.32 Å². The summed E-state index contributed by atoms with van der Waals surface area (Å²) in [6, 6.07) is 0. The summed E-state index contributed by atoms with van der Waals surface area (Å²) in [6.45, 7) is 0.788. The average Bonchev–Trinajstić information content (AvgIpc) is 3.24. The molecule has 3 heterocycles. The highest BCUT2D eigenvalue weighted by Gasteiger charge is 2.26. The van der Waals surface area contributed by atoms with Gasteiger partial charge in [0.05, 0.1) is 12.0 Å². The third-order valence-electron chi connectivity index (χ3n) is 5.11. The van der Waals surface area contributed by atoms with E-state index in [9.17, 15) is 0 Å². The first-order valence-corrected chi connectivity index (χ1v) is 9.21. The molecular formula is C18H26N4O2. The Balaban J connectivity index is 1.59. The predicted octanol–water partition coefficient (Wildman–Crippen LogP) is 3.96. The van der Waals surface area contributed by atoms with Crippen molar-refractivity contribution in [1.29, 1.82) is 5.41 Å². The molecule has 1 saturated carbocycles. The van der Waals surface area contributed by atoms with Crippen molar-refractivity contribution in [2.24, 2.45) is 0 Å². The SMILES string of the molecule is N=C1CCC=C(OC2CCCC2)Nc2c1ncn2C1CCCCO1. The van der Waals surface area contributed by atoms with E-state index in [0.29, 0.717) is 18.2 Å². The molecule has 6 nitrogen and oxygen atoms in total. The van der Waals surface area contributed by atoms with E-state index >= 15 is 0 Å². The quantitative estimate of drug-likeness (QED) is 0.880. The maximum absolute atomic E-state index is 8.30. The van der Waals surface area contributed by atoms with Gasteiger partial charge >= 0.3 is 0 Å². The molecule has 4 rings (SSSR count). The van der Waals surface area contributed by atoms with Crippen LogP contribution in [-0.2, 0) is 9.47 Å². The minimum atomic E-state index is 0.00228. The molecule has 1 aromatic heterocycles. The summed E-state index contributed by atoms with van der Waals surface area (Å²) in [7, 11) is 0. The monoisotopic (exact) mass is 330 g/mol. The van der Waals surface area contributed by atoms with Crippen molar-refractivity contribution in [2.75, 3.05) is 11.9 Å². The molecule has 2 fully saturated rings. The van der Waals surface area contributed by atoms with Gasteiger partial charge in [-0.2, -0.15) is 0 Å². The zero-order valence-electron chi connectivity index (χ0n) is 14.1. The Morgan fingerprint density at radius 1 is 1.21 bits per heavy atom. The minimum absolute atomic E-state index is 0.00228. The van der Waals surface area contributed by atoms with Crippen LogP contribution in [0.1, 0.15) is 69.7 Å². The highest BCUT2D eigenvalue weighted by Crippen LogP contribution is 2.31. The maximum atomic E-state index is 8.30. The Morgan fingerprint density at radius 2 is 2.04 bits per heavy atom. The first kappa shape index (κ1) is 15.7. The van der Waals surface area contributed by atoms with Crippen LogP contribution in [0.25, 0.3) is 0 Å². The number of aromatic nitrogens is 2. The molecule has 1 saturated heterocycles. The molecule has 130 valence electrons. The summed E-state index contributed by atoms with van der Waals surface area (Å²) in [5, 5.41) is 11.7. The van der Waals surface area contributed by atoms with Gasteiger partial charge in [-0.05, 0) is 63.9 Å². The first-order chi connectivity index (χ1) is 11.8. The van der Waals surface area contributed by atoms with E-state index in [1.54, 1.807) is 6.33 Å². The van der Waals surface area contributed by atoms with Gasteiger partial charge in [-0.25, -0.2) is 4.98 Å². The van der Waals surface area contributed by atoms with E-state index in [2.05, 4.69) is 16.4 Å². The van der Waals surface area contributed by atoms with Gasteiger partial charge in [-0.15, -0.1) is 0 Å². The Kier molecular flexibility index (Phi) is 4.56. The van der Waals surface area contributed by atoms with Crippen molar-refractivity contribution in [3.8, 4) is 0 Å². The molecule has 24 heavy (non-hydrogen) atoms. The van der Waals surface area contributed by atoms with Crippen LogP contribution in [0.2, 0.25) is 0 Å². The van der Waals surface area contributed by atoms with Crippen LogP contribution in [0.3, 0.4) is 0 Å². The summed E-state index contributed by atoms with van der Waals surface area (Å²) < 4.78 is 14.1. The van der Waals surface area contributed by atoms with Gasteiger partial charge in [0.15, 0.2) is 5.88 Å². The van der Waals surface area contributed by atoms with Crippen molar-refractivity contribution in [3.05, 3.63) is 24.0 Å². The first-order valence-electron chi connectivity index (χ1n) is 9.21. The molecule has 2 N–H and O–H groups in total. The van der Waals surface area contributed by atoms with E-state index in [1.165, 1.54) is 12.8 Å². The lowest BCUT2D eigenvalue weighted by molar-refractivity contribution is -0.0309. The summed E-state index contributed by atoms with van der Waals surface area (Å²) in [6.07, 6.45) is 13.7. The van der Waals surface area contributed by atoms with E-state index in [0.717, 1.165) is 62.5 Å². The summed E-state index contributed by atoms with van der Waals surface area (Å²) in [5.41, 5.74) is 1.30. The molecule has 0 amide bonds. The number of imidazole rings is 1. The van der Waals surface area contributed by atoms with Crippen LogP contribution in [0.4, 0.5) is 5.82 Å². The summed E-state index contributed by atoms with van der Waals surface area (Å²) in [4.78, 5) is 4.49. The highest BCUT2D eigenvalue weighted by atomic mass is 16.5. The molecular weight excluding hydrogens is 304 g/mol. The van der Waals surface area contributed by atoms with Crippen molar-refractivity contribution in [1.82, 2.24) is 9.55 Å². The van der Waals surface area contributed by atoms with Crippen LogP contribution in [-0.4, -0.2) is 28.0 Å². The normalized spacial score (nSPS) is 25.4. The van der Waals surface area contributed by atoms with Gasteiger partial charge < -0.3 is 20.2 Å². The Hall–Kier alpha value is -1.82. The fourth-order valence-corrected chi connectivity index (χ4v) is 3.76. The van der Waals surface area contributed by atoms with Gasteiger partial charge in [0.25, 0.3) is 0 Å². The predicted molar refractivity (Wildman–Crippen MR) is 92.2 cm³/mol. The number of rotatable bonds is 3. The van der Waals surface area contributed by atoms with E-state index < -0.39 is 0 Å². The molecule has 2 aliphatic heterocycles. The van der Waals surface area contributed by atoms with Crippen molar-refractivity contribution in [3.63, 3.8) is 0 Å². The summed E-state index contributed by atoms with van der Waals surface area (Å²) >= 11 is 0. The van der Waals surface area contributed by atoms with Crippen molar-refractivity contribution >= 4 is 11.5 Å². The fraction of sp³-hybridized carbons (Fsp3) is 0.667. The Bertz CT molecular complexity index is 625. The van der Waals surface area contributed by atoms with Gasteiger partial charge in [-0.3, -0.25) is 4.57 Å². The molecule has 0 bridgehead atoms. The average molecular weight is 330 g/mol. The standard InChI is InChI=1S/C18H26N4O2/c19-14-8-5-9-15(24-13-6-1-2-7-13)21-18-17(14)20-12-22(18)16-10-3-4-11-23-16/h9,12-13,16,19,21H,1-8,10-11H2. The fourth-order valence-electron chi connectivity index (χ4n) is 3.76. The number of ether oxygens (including phenoxy) is 2. The smallest absolute Gasteiger partial charge is 0.188 e. The lowest BCUT2D eigenvalue weighted by atomic mass is 10.1. The molecule has 0 spiro atoms. The van der Waals surface area contributed by atoms with Crippen molar-refractivity contribution < 1.29 is 9.47 Å². The van der Waals surface area contributed by atoms with Gasteiger partial charge in [0.2, 0.25) is 0 Å². The van der Waals surface area contributed by atoms with Crippen LogP contribution in [0.5, 0.6) is 0 Å². The molecule has 1 unspecified atom stereocenters. The topological polar surface area (TPSA) is 72.2 Å². The zero-order chi connectivity index (χ0) is 16.4. The van der Waals surface area contributed by atoms with E-state index in [1.807, 2.05) is 4.57 Å². The second-order valence-electron chi connectivity index (χ2n) is 6.91. The van der Waals surface area contributed by atoms with Crippen LogP contribution in [0, 0.1) is 5.41 Å². The minimum Gasteiger partial charge on any atom is -0.476 e. The molecule has 0 aromatic carbocycles. The number of anilines is 1. The number of hydrogen-bond donors (Lipinski definition) is 2. The third-order valence-corrected chi connectivity index (χ3v) is 5.11. The second kappa shape index (κ2) is 6.97. The van der Waals surface area contributed by atoms with Gasteiger partial charge in [0, 0.05) is 6.61 Å². The summed E-state index contributed by atoms with van der Waals surface area (Å²) in [5.74, 6) is 1.66. The van der Waals surface area contributed by atoms with E-state index in [-0.39, 0.29) is 6.23 Å². The number of nitrogens with one attached hydrogen (secondary N) is 2. The van der Waals surface area contributed by atoms with Crippen molar-refractivity contribution in [2.45, 2.75) is 70.1 Å². The number of nitrogens with zero attached hydrogens (tertiary/aromatic N) is 2. The second-order valence-corrected chi connectivity index (χ2v) is 6.91. The molecule has 6 heteroatoms. The van der Waals surface area contributed by atoms with Crippen LogP contribution >= 0.6 is 0 Å². The van der Waals surface area contributed by atoms with Crippen LogP contribution in [0.15, 0.2) is 18.3 Å². The highest BCUT2D eigenvalue weighted by molar-refractivity contribution is 6.01. The molecule has 1 aromatic rings. The number of allylic oxidation sites excluding steroid dienone is 1. The number of hydrogen-bond acceptors (Lipinski definition) is 5. The maximum Gasteiger partial charge on any atom is 0.188 e. The molecule has 0 radical (unpaired) electrons. The van der Waals surface area contributed by atoms with E-state index in [4.69, 9.17) is 14.9 Å². The number of fused-ring (bicyclic) bond motifs is 1.